The molecule has 1 aromatic heterocycles. The molecule has 0 bridgehead atoms. The maximum Gasteiger partial charge on any atom is 0.127 e. The fraction of sp³-hybridized carbons (Fsp3) is 0.133. The van der Waals surface area contributed by atoms with E-state index in [2.05, 4.69) is 38.5 Å². The van der Waals surface area contributed by atoms with Gasteiger partial charge < -0.3 is 4.84 Å². The van der Waals surface area contributed by atoms with Crippen LogP contribution in [0.5, 0.6) is 0 Å². The highest BCUT2D eigenvalue weighted by atomic mass is 79.9. The molecule has 19 heavy (non-hydrogen) atoms. The van der Waals surface area contributed by atoms with E-state index in [9.17, 15) is 0 Å². The summed E-state index contributed by atoms with van der Waals surface area (Å²) >= 11 is 3.46. The van der Waals surface area contributed by atoms with Gasteiger partial charge in [-0.15, -0.1) is 5.48 Å². The lowest BCUT2D eigenvalue weighted by Gasteiger charge is -2.13. The largest absolute Gasteiger partial charge is 0.412 e. The second-order valence-electron chi connectivity index (χ2n) is 4.42. The summed E-state index contributed by atoms with van der Waals surface area (Å²) in [6.45, 7) is 1.97. The zero-order valence-electron chi connectivity index (χ0n) is 10.4. The molecule has 1 N–H and O–H groups in total. The van der Waals surface area contributed by atoms with Crippen molar-refractivity contribution in [2.75, 3.05) is 0 Å². The number of hydrogen-bond acceptors (Lipinski definition) is 3. The lowest BCUT2D eigenvalue weighted by molar-refractivity contribution is 0.118. The van der Waals surface area contributed by atoms with E-state index in [1.165, 1.54) is 0 Å². The van der Waals surface area contributed by atoms with Gasteiger partial charge in [-0.3, -0.25) is 4.98 Å². The highest BCUT2D eigenvalue weighted by Gasteiger charge is 2.27. The van der Waals surface area contributed by atoms with Crippen LogP contribution in [0.25, 0.3) is 5.57 Å². The molecular formula is C15H13BrN2O. The molecule has 1 aliphatic rings. The van der Waals surface area contributed by atoms with Crippen molar-refractivity contribution in [1.29, 1.82) is 0 Å². The molecular weight excluding hydrogens is 304 g/mol. The summed E-state index contributed by atoms with van der Waals surface area (Å²) in [6.07, 6.45) is 3.63. The van der Waals surface area contributed by atoms with Crippen LogP contribution >= 0.6 is 15.9 Å². The number of rotatable bonds is 2. The summed E-state index contributed by atoms with van der Waals surface area (Å²) in [7, 11) is 0. The van der Waals surface area contributed by atoms with Gasteiger partial charge in [-0.2, -0.15) is 0 Å². The van der Waals surface area contributed by atoms with E-state index in [1.807, 2.05) is 37.4 Å². The number of aromatic nitrogens is 1. The minimum Gasteiger partial charge on any atom is -0.412 e. The van der Waals surface area contributed by atoms with Crippen LogP contribution in [-0.2, 0) is 4.84 Å². The van der Waals surface area contributed by atoms with Gasteiger partial charge in [0.2, 0.25) is 0 Å². The average molecular weight is 317 g/mol. The molecule has 3 rings (SSSR count). The van der Waals surface area contributed by atoms with Crippen LogP contribution in [0.4, 0.5) is 0 Å². The standard InChI is InChI=1S/C15H13BrN2O/c1-10-14(11-4-6-13(16)7-5-11)15(18-19-10)12-3-2-8-17-9-12/h2-9,15,18H,1H3. The molecule has 1 unspecified atom stereocenters. The van der Waals surface area contributed by atoms with Crippen LogP contribution in [0, 0.1) is 0 Å². The number of halogens is 1. The monoisotopic (exact) mass is 316 g/mol. The Balaban J connectivity index is 2.02. The first kappa shape index (κ1) is 12.4. The number of nitrogens with zero attached hydrogens (tertiary/aromatic N) is 1. The number of benzene rings is 1. The smallest absolute Gasteiger partial charge is 0.127 e. The summed E-state index contributed by atoms with van der Waals surface area (Å²) in [6, 6.07) is 12.2. The van der Waals surface area contributed by atoms with Crippen LogP contribution in [0.1, 0.15) is 24.1 Å². The SMILES string of the molecule is CC1=C(c2ccc(Br)cc2)C(c2cccnc2)NO1. The maximum atomic E-state index is 5.51. The lowest BCUT2D eigenvalue weighted by Crippen LogP contribution is -2.14. The number of hydroxylamine groups is 1. The second kappa shape index (κ2) is 5.15. The first-order chi connectivity index (χ1) is 9.25. The highest BCUT2D eigenvalue weighted by Crippen LogP contribution is 2.37. The van der Waals surface area contributed by atoms with Gasteiger partial charge in [0.1, 0.15) is 5.76 Å². The van der Waals surface area contributed by atoms with Crippen LogP contribution in [0.3, 0.4) is 0 Å². The van der Waals surface area contributed by atoms with Crippen LogP contribution in [0.15, 0.2) is 59.0 Å². The van der Waals surface area contributed by atoms with E-state index in [-0.39, 0.29) is 6.04 Å². The molecule has 0 saturated carbocycles. The number of allylic oxidation sites excluding steroid dienone is 1. The Morgan fingerprint density at radius 3 is 2.68 bits per heavy atom. The lowest BCUT2D eigenvalue weighted by atomic mass is 9.94. The zero-order chi connectivity index (χ0) is 13.2. The van der Waals surface area contributed by atoms with Crippen LogP contribution in [-0.4, -0.2) is 4.98 Å². The van der Waals surface area contributed by atoms with Crippen molar-refractivity contribution in [2.24, 2.45) is 0 Å². The normalized spacial score (nSPS) is 18.5. The van der Waals surface area contributed by atoms with Crippen molar-refractivity contribution in [3.05, 3.63) is 70.2 Å². The summed E-state index contributed by atoms with van der Waals surface area (Å²) in [5, 5.41) is 0. The minimum atomic E-state index is 0.0230. The fourth-order valence-corrected chi connectivity index (χ4v) is 2.51. The Morgan fingerprint density at radius 1 is 1.21 bits per heavy atom. The van der Waals surface area contributed by atoms with Crippen molar-refractivity contribution in [3.63, 3.8) is 0 Å². The number of pyridine rings is 1. The third-order valence-corrected chi connectivity index (χ3v) is 3.70. The quantitative estimate of drug-likeness (QED) is 0.913. The first-order valence-electron chi connectivity index (χ1n) is 6.05. The predicted octanol–water partition coefficient (Wildman–Crippen LogP) is 3.85. The fourth-order valence-electron chi connectivity index (χ4n) is 2.25. The summed E-state index contributed by atoms with van der Waals surface area (Å²) in [5.74, 6) is 0.899. The Labute approximate surface area is 120 Å². The molecule has 4 heteroatoms. The zero-order valence-corrected chi connectivity index (χ0v) is 12.0. The first-order valence-corrected chi connectivity index (χ1v) is 6.84. The molecule has 2 heterocycles. The van der Waals surface area contributed by atoms with Gasteiger partial charge in [0.15, 0.2) is 0 Å². The average Bonchev–Trinajstić information content (AvgIpc) is 2.83. The van der Waals surface area contributed by atoms with Gasteiger partial charge in [-0.25, -0.2) is 0 Å². The van der Waals surface area contributed by atoms with E-state index in [1.54, 1.807) is 6.20 Å². The van der Waals surface area contributed by atoms with Crippen molar-refractivity contribution in [1.82, 2.24) is 10.5 Å². The van der Waals surface area contributed by atoms with Crippen LogP contribution < -0.4 is 5.48 Å². The molecule has 0 saturated heterocycles. The van der Waals surface area contributed by atoms with Gasteiger partial charge in [0.25, 0.3) is 0 Å². The Hall–Kier alpha value is -1.65. The summed E-state index contributed by atoms with van der Waals surface area (Å²) < 4.78 is 1.07. The second-order valence-corrected chi connectivity index (χ2v) is 5.33. The van der Waals surface area contributed by atoms with Crippen molar-refractivity contribution >= 4 is 21.5 Å². The van der Waals surface area contributed by atoms with Crippen LogP contribution in [0.2, 0.25) is 0 Å². The molecule has 0 spiro atoms. The molecule has 0 aliphatic carbocycles. The molecule has 96 valence electrons. The topological polar surface area (TPSA) is 34.2 Å². The number of nitrogens with one attached hydrogen (secondary N) is 1. The Morgan fingerprint density at radius 2 is 2.00 bits per heavy atom. The Bertz CT molecular complexity index is 608. The van der Waals surface area contributed by atoms with E-state index in [0.717, 1.165) is 26.9 Å². The third-order valence-electron chi connectivity index (χ3n) is 3.17. The van der Waals surface area contributed by atoms with Crippen molar-refractivity contribution in [3.8, 4) is 0 Å². The minimum absolute atomic E-state index is 0.0230. The van der Waals surface area contributed by atoms with Gasteiger partial charge in [-0.1, -0.05) is 34.1 Å². The molecule has 0 amide bonds. The molecule has 1 aromatic carbocycles. The summed E-state index contributed by atoms with van der Waals surface area (Å²) in [4.78, 5) is 9.68. The summed E-state index contributed by atoms with van der Waals surface area (Å²) in [5.41, 5.74) is 6.46. The Kier molecular flexibility index (Phi) is 3.36. The molecule has 0 fully saturated rings. The van der Waals surface area contributed by atoms with Gasteiger partial charge in [0.05, 0.1) is 6.04 Å². The van der Waals surface area contributed by atoms with E-state index in [0.29, 0.717) is 0 Å². The van der Waals surface area contributed by atoms with Gasteiger partial charge in [0, 0.05) is 22.4 Å². The number of hydrogen-bond donors (Lipinski definition) is 1. The maximum absolute atomic E-state index is 5.51. The highest BCUT2D eigenvalue weighted by molar-refractivity contribution is 9.10. The van der Waals surface area contributed by atoms with E-state index < -0.39 is 0 Å². The van der Waals surface area contributed by atoms with Crippen molar-refractivity contribution < 1.29 is 4.84 Å². The molecule has 2 aromatic rings. The molecule has 3 nitrogen and oxygen atoms in total. The molecule has 1 aliphatic heterocycles. The van der Waals surface area contributed by atoms with Gasteiger partial charge in [-0.05, 0) is 36.2 Å². The molecule has 0 radical (unpaired) electrons. The predicted molar refractivity (Wildman–Crippen MR) is 77.9 cm³/mol. The van der Waals surface area contributed by atoms with Gasteiger partial charge >= 0.3 is 0 Å². The molecule has 1 atom stereocenters. The third kappa shape index (κ3) is 2.41. The van der Waals surface area contributed by atoms with E-state index >= 15 is 0 Å². The van der Waals surface area contributed by atoms with Crippen molar-refractivity contribution in [2.45, 2.75) is 13.0 Å². The van der Waals surface area contributed by atoms with E-state index in [4.69, 9.17) is 4.84 Å².